The predicted molar refractivity (Wildman–Crippen MR) is 98.3 cm³/mol. The summed E-state index contributed by atoms with van der Waals surface area (Å²) >= 11 is 0. The Morgan fingerprint density at radius 2 is 1.88 bits per heavy atom. The number of carbonyl (C=O) groups is 1. The third kappa shape index (κ3) is 5.78. The van der Waals surface area contributed by atoms with Crippen LogP contribution in [0.25, 0.3) is 6.08 Å². The molecule has 2 rings (SSSR count). The lowest BCUT2D eigenvalue weighted by molar-refractivity contribution is -0.135. The van der Waals surface area contributed by atoms with Gasteiger partial charge in [-0.1, -0.05) is 55.8 Å². The van der Waals surface area contributed by atoms with Crippen molar-refractivity contribution in [2.75, 3.05) is 24.6 Å². The van der Waals surface area contributed by atoms with Crippen molar-refractivity contribution in [3.05, 3.63) is 42.0 Å². The highest BCUT2D eigenvalue weighted by atomic mass is 32.2. The molecule has 1 aliphatic rings. The Morgan fingerprint density at radius 3 is 2.50 bits per heavy atom. The molecule has 0 unspecified atom stereocenters. The molecule has 0 bridgehead atoms. The van der Waals surface area contributed by atoms with Gasteiger partial charge in [-0.25, -0.2) is 8.42 Å². The number of benzene rings is 1. The number of carbonyl (C=O) groups excluding carboxylic acids is 1. The Labute approximate surface area is 145 Å². The van der Waals surface area contributed by atoms with E-state index in [0.717, 1.165) is 24.9 Å². The molecule has 5 heteroatoms. The summed E-state index contributed by atoms with van der Waals surface area (Å²) in [5.74, 6) is 0.252. The van der Waals surface area contributed by atoms with Gasteiger partial charge in [0.15, 0.2) is 0 Å². The molecule has 132 valence electrons. The number of unbranched alkanes of at least 4 members (excludes halogenated alkanes) is 1. The second-order valence-electron chi connectivity index (χ2n) is 6.38. The molecule has 1 fully saturated rings. The molecule has 0 N–H and O–H groups in total. The number of rotatable bonds is 7. The third-order valence-corrected chi connectivity index (χ3v) is 6.15. The van der Waals surface area contributed by atoms with Gasteiger partial charge in [-0.15, -0.1) is 0 Å². The van der Waals surface area contributed by atoms with Crippen LogP contribution in [0.2, 0.25) is 0 Å². The third-order valence-electron chi connectivity index (χ3n) is 4.43. The van der Waals surface area contributed by atoms with E-state index in [0.29, 0.717) is 19.4 Å². The van der Waals surface area contributed by atoms with E-state index in [1.54, 1.807) is 0 Å². The Morgan fingerprint density at radius 1 is 1.21 bits per heavy atom. The molecule has 24 heavy (non-hydrogen) atoms. The van der Waals surface area contributed by atoms with Crippen LogP contribution in [-0.2, 0) is 14.6 Å². The quantitative estimate of drug-likeness (QED) is 0.760. The largest absolute Gasteiger partial charge is 0.339 e. The standard InChI is InChI=1S/C19H27NO3S/c1-2-3-13-20(14-7-10-17-8-5-4-6-9-17)19(21)18-11-15-24(22,23)16-12-18/h4-10,18H,2-3,11-16H2,1H3. The van der Waals surface area contributed by atoms with Crippen LogP contribution in [0.3, 0.4) is 0 Å². The Bertz CT molecular complexity index is 638. The fourth-order valence-electron chi connectivity index (χ4n) is 2.92. The molecule has 1 heterocycles. The summed E-state index contributed by atoms with van der Waals surface area (Å²) in [6.45, 7) is 3.42. The van der Waals surface area contributed by atoms with E-state index in [4.69, 9.17) is 0 Å². The van der Waals surface area contributed by atoms with Gasteiger partial charge in [0.25, 0.3) is 0 Å². The second kappa shape index (κ2) is 9.02. The van der Waals surface area contributed by atoms with E-state index in [9.17, 15) is 13.2 Å². The van der Waals surface area contributed by atoms with Crippen molar-refractivity contribution in [2.24, 2.45) is 5.92 Å². The lowest BCUT2D eigenvalue weighted by Gasteiger charge is -2.28. The zero-order chi connectivity index (χ0) is 17.4. The molecule has 1 aliphatic heterocycles. The fraction of sp³-hybridized carbons (Fsp3) is 0.526. The zero-order valence-corrected chi connectivity index (χ0v) is 15.2. The zero-order valence-electron chi connectivity index (χ0n) is 14.4. The van der Waals surface area contributed by atoms with Gasteiger partial charge in [-0.05, 0) is 24.8 Å². The summed E-state index contributed by atoms with van der Waals surface area (Å²) in [6.07, 6.45) is 6.97. The summed E-state index contributed by atoms with van der Waals surface area (Å²) in [4.78, 5) is 14.6. The SMILES string of the molecule is CCCCN(CC=Cc1ccccc1)C(=O)C1CCS(=O)(=O)CC1. The number of hydrogen-bond donors (Lipinski definition) is 0. The highest BCUT2D eigenvalue weighted by Crippen LogP contribution is 2.21. The first-order valence-corrected chi connectivity index (χ1v) is 10.5. The maximum Gasteiger partial charge on any atom is 0.226 e. The van der Waals surface area contributed by atoms with Gasteiger partial charge < -0.3 is 4.90 Å². The van der Waals surface area contributed by atoms with Gasteiger partial charge in [0, 0.05) is 19.0 Å². The lowest BCUT2D eigenvalue weighted by atomic mass is 10.0. The van der Waals surface area contributed by atoms with Crippen molar-refractivity contribution in [1.82, 2.24) is 4.90 Å². The highest BCUT2D eigenvalue weighted by molar-refractivity contribution is 7.91. The summed E-state index contributed by atoms with van der Waals surface area (Å²) in [5.41, 5.74) is 1.11. The van der Waals surface area contributed by atoms with Crippen LogP contribution in [0.1, 0.15) is 38.2 Å². The molecule has 0 radical (unpaired) electrons. The molecule has 0 aliphatic carbocycles. The number of amides is 1. The molecule has 1 saturated heterocycles. The first-order valence-electron chi connectivity index (χ1n) is 8.72. The van der Waals surface area contributed by atoms with E-state index in [1.807, 2.05) is 47.4 Å². The minimum Gasteiger partial charge on any atom is -0.339 e. The topological polar surface area (TPSA) is 54.5 Å². The fourth-order valence-corrected chi connectivity index (χ4v) is 4.41. The Kier molecular flexibility index (Phi) is 7.03. The van der Waals surface area contributed by atoms with Crippen LogP contribution >= 0.6 is 0 Å². The second-order valence-corrected chi connectivity index (χ2v) is 8.68. The van der Waals surface area contributed by atoms with Crippen molar-refractivity contribution in [3.63, 3.8) is 0 Å². The van der Waals surface area contributed by atoms with Crippen LogP contribution < -0.4 is 0 Å². The monoisotopic (exact) mass is 349 g/mol. The minimum absolute atomic E-state index is 0.107. The van der Waals surface area contributed by atoms with Crippen LogP contribution in [0, 0.1) is 5.92 Å². The van der Waals surface area contributed by atoms with Crippen LogP contribution in [-0.4, -0.2) is 43.8 Å². The van der Waals surface area contributed by atoms with Crippen molar-refractivity contribution in [3.8, 4) is 0 Å². The molecule has 1 aromatic rings. The number of nitrogens with zero attached hydrogens (tertiary/aromatic N) is 1. The van der Waals surface area contributed by atoms with Gasteiger partial charge >= 0.3 is 0 Å². The first-order chi connectivity index (χ1) is 11.5. The van der Waals surface area contributed by atoms with E-state index < -0.39 is 9.84 Å². The summed E-state index contributed by atoms with van der Waals surface area (Å²) in [5, 5.41) is 0. The van der Waals surface area contributed by atoms with Crippen molar-refractivity contribution in [1.29, 1.82) is 0 Å². The predicted octanol–water partition coefficient (Wildman–Crippen LogP) is 3.15. The lowest BCUT2D eigenvalue weighted by Crippen LogP contribution is -2.40. The molecule has 1 amide bonds. The van der Waals surface area contributed by atoms with Crippen molar-refractivity contribution >= 4 is 21.8 Å². The average molecular weight is 349 g/mol. The summed E-state index contributed by atoms with van der Waals surface area (Å²) in [7, 11) is -2.93. The molecular formula is C19H27NO3S. The molecule has 1 aromatic carbocycles. The number of sulfone groups is 1. The molecule has 0 spiro atoms. The molecule has 0 atom stereocenters. The Balaban J connectivity index is 1.96. The van der Waals surface area contributed by atoms with Crippen LogP contribution in [0.5, 0.6) is 0 Å². The van der Waals surface area contributed by atoms with Gasteiger partial charge in [0.05, 0.1) is 11.5 Å². The van der Waals surface area contributed by atoms with Crippen LogP contribution in [0.15, 0.2) is 36.4 Å². The van der Waals surface area contributed by atoms with E-state index >= 15 is 0 Å². The molecule has 4 nitrogen and oxygen atoms in total. The summed E-state index contributed by atoms with van der Waals surface area (Å²) < 4.78 is 23.1. The van der Waals surface area contributed by atoms with Gasteiger partial charge in [0.2, 0.25) is 5.91 Å². The van der Waals surface area contributed by atoms with Crippen molar-refractivity contribution < 1.29 is 13.2 Å². The average Bonchev–Trinajstić information content (AvgIpc) is 2.58. The van der Waals surface area contributed by atoms with Crippen molar-refractivity contribution in [2.45, 2.75) is 32.6 Å². The summed E-state index contributed by atoms with van der Waals surface area (Å²) in [6, 6.07) is 10.0. The normalized spacial score (nSPS) is 17.9. The molecular weight excluding hydrogens is 322 g/mol. The Hall–Kier alpha value is -1.62. The smallest absolute Gasteiger partial charge is 0.226 e. The minimum atomic E-state index is -2.93. The van der Waals surface area contributed by atoms with Crippen LogP contribution in [0.4, 0.5) is 0 Å². The van der Waals surface area contributed by atoms with E-state index in [2.05, 4.69) is 6.92 Å². The van der Waals surface area contributed by atoms with Gasteiger partial charge in [-0.2, -0.15) is 0 Å². The maximum atomic E-state index is 12.8. The molecule has 0 saturated carbocycles. The van der Waals surface area contributed by atoms with E-state index in [-0.39, 0.29) is 23.3 Å². The van der Waals surface area contributed by atoms with E-state index in [1.165, 1.54) is 0 Å². The van der Waals surface area contributed by atoms with Gasteiger partial charge in [0.1, 0.15) is 9.84 Å². The first kappa shape index (κ1) is 18.7. The highest BCUT2D eigenvalue weighted by Gasteiger charge is 2.30. The molecule has 0 aromatic heterocycles. The maximum absolute atomic E-state index is 12.8. The van der Waals surface area contributed by atoms with Gasteiger partial charge in [-0.3, -0.25) is 4.79 Å². The number of hydrogen-bond acceptors (Lipinski definition) is 3.